The number of hydrogen-bond acceptors (Lipinski definition) is 2. The average Bonchev–Trinajstić information content (AvgIpc) is 3.19. The van der Waals surface area contributed by atoms with E-state index in [1.54, 1.807) is 0 Å². The van der Waals surface area contributed by atoms with Crippen molar-refractivity contribution in [1.29, 1.82) is 0 Å². The summed E-state index contributed by atoms with van der Waals surface area (Å²) in [5, 5.41) is 3.75. The molecule has 0 saturated heterocycles. The SMILES string of the molecule is CN(c1ccccc1)c1cc[n+](Cc2ccc(-c3ccc(C[n+]4ccc(N(C)c5ccccc5)c5ccc(Cl)cc54)cc3)cc2)c2cc(Cl)ccc12.[Br-].[Br-]. The van der Waals surface area contributed by atoms with Crippen molar-refractivity contribution in [3.05, 3.63) is 191 Å². The summed E-state index contributed by atoms with van der Waals surface area (Å²) in [6, 6.07) is 55.2. The smallest absolute Gasteiger partial charge is 0.216 e. The van der Waals surface area contributed by atoms with Gasteiger partial charge in [-0.2, -0.15) is 9.13 Å². The van der Waals surface area contributed by atoms with Crippen LogP contribution >= 0.6 is 23.2 Å². The fourth-order valence-corrected chi connectivity index (χ4v) is 7.35. The van der Waals surface area contributed by atoms with Crippen molar-refractivity contribution in [2.24, 2.45) is 0 Å². The molecule has 8 heteroatoms. The second-order valence-electron chi connectivity index (χ2n) is 13.2. The molecule has 0 unspecified atom stereocenters. The summed E-state index contributed by atoms with van der Waals surface area (Å²) in [5.41, 5.74) is 11.6. The Kier molecular flexibility index (Phi) is 12.4. The van der Waals surface area contributed by atoms with Crippen LogP contribution in [-0.2, 0) is 13.1 Å². The Labute approximate surface area is 348 Å². The first-order chi connectivity index (χ1) is 25.4. The molecule has 2 heterocycles. The maximum Gasteiger partial charge on any atom is 0.216 e. The largest absolute Gasteiger partial charge is 1.00 e. The molecular formula is C46H38Br2Cl2N4. The first kappa shape index (κ1) is 39.0. The van der Waals surface area contributed by atoms with Gasteiger partial charge in [-0.25, -0.2) is 0 Å². The third-order valence-electron chi connectivity index (χ3n) is 9.87. The number of fused-ring (bicyclic) bond motifs is 2. The monoisotopic (exact) mass is 874 g/mol. The highest BCUT2D eigenvalue weighted by atomic mass is 79.9. The van der Waals surface area contributed by atoms with Crippen molar-refractivity contribution in [3.63, 3.8) is 0 Å². The highest BCUT2D eigenvalue weighted by Crippen LogP contribution is 2.32. The zero-order valence-electron chi connectivity index (χ0n) is 29.9. The van der Waals surface area contributed by atoms with Crippen molar-refractivity contribution in [1.82, 2.24) is 0 Å². The van der Waals surface area contributed by atoms with E-state index in [9.17, 15) is 0 Å². The van der Waals surface area contributed by atoms with Crippen molar-refractivity contribution >= 4 is 67.8 Å². The van der Waals surface area contributed by atoms with Crippen LogP contribution in [0.4, 0.5) is 22.7 Å². The van der Waals surface area contributed by atoms with E-state index in [1.165, 1.54) is 22.3 Å². The predicted octanol–water partition coefficient (Wildman–Crippen LogP) is 5.18. The van der Waals surface area contributed by atoms with Crippen LogP contribution in [0.2, 0.25) is 10.0 Å². The zero-order chi connectivity index (χ0) is 35.6. The molecule has 0 aliphatic rings. The fraction of sp³-hybridized carbons (Fsp3) is 0.0870. The van der Waals surface area contributed by atoms with Gasteiger partial charge in [-0.1, -0.05) is 108 Å². The Bertz CT molecular complexity index is 2340. The third kappa shape index (κ3) is 8.18. The van der Waals surface area contributed by atoms with Crippen LogP contribution in [0.15, 0.2) is 170 Å². The van der Waals surface area contributed by atoms with Gasteiger partial charge in [-0.3, -0.25) is 0 Å². The van der Waals surface area contributed by atoms with Gasteiger partial charge in [-0.05, 0) is 59.7 Å². The molecule has 270 valence electrons. The van der Waals surface area contributed by atoms with Crippen molar-refractivity contribution in [2.45, 2.75) is 13.1 Å². The van der Waals surface area contributed by atoms with E-state index in [2.05, 4.69) is 179 Å². The van der Waals surface area contributed by atoms with Gasteiger partial charge in [0, 0.05) is 70.9 Å². The number of rotatable bonds is 9. The topological polar surface area (TPSA) is 14.2 Å². The number of halogens is 4. The Balaban J connectivity index is 0.00000249. The Morgan fingerprint density at radius 2 is 0.815 bits per heavy atom. The minimum Gasteiger partial charge on any atom is -1.00 e. The van der Waals surface area contributed by atoms with Crippen LogP contribution in [-0.4, -0.2) is 14.1 Å². The van der Waals surface area contributed by atoms with E-state index in [-0.39, 0.29) is 34.0 Å². The molecule has 0 atom stereocenters. The number of aromatic nitrogens is 2. The molecule has 8 aromatic rings. The molecule has 6 aromatic carbocycles. The Morgan fingerprint density at radius 3 is 1.19 bits per heavy atom. The van der Waals surface area contributed by atoms with Crippen LogP contribution < -0.4 is 52.9 Å². The zero-order valence-corrected chi connectivity index (χ0v) is 34.6. The molecule has 0 bridgehead atoms. The standard InChI is InChI=1S/C46H38Cl2N4.2BrH/c1-49(39-9-5-3-6-10-39)43-25-27-51(45-29-37(47)21-23-41(43)45)31-33-13-17-35(18-14-33)36-19-15-34(16-20-36)32-52-28-26-44(42-24-22-38(48)30-46(42)52)50(2)40-11-7-4-8-12-40;;/h3-30H,31-32H2,1-2H3;2*1H/q+2;;/p-2. The van der Waals surface area contributed by atoms with E-state index in [0.717, 1.165) is 67.7 Å². The third-order valence-corrected chi connectivity index (χ3v) is 10.3. The summed E-state index contributed by atoms with van der Waals surface area (Å²) in [4.78, 5) is 4.44. The van der Waals surface area contributed by atoms with E-state index >= 15 is 0 Å². The second kappa shape index (κ2) is 17.2. The van der Waals surface area contributed by atoms with Crippen molar-refractivity contribution < 1.29 is 43.1 Å². The lowest BCUT2D eigenvalue weighted by Crippen LogP contribution is -3.00. The molecule has 54 heavy (non-hydrogen) atoms. The normalized spacial score (nSPS) is 10.8. The van der Waals surface area contributed by atoms with Gasteiger partial charge in [0.15, 0.2) is 25.5 Å². The molecule has 0 aliphatic heterocycles. The first-order valence-corrected chi connectivity index (χ1v) is 18.2. The van der Waals surface area contributed by atoms with Gasteiger partial charge >= 0.3 is 0 Å². The molecule has 4 nitrogen and oxygen atoms in total. The Morgan fingerprint density at radius 1 is 0.444 bits per heavy atom. The van der Waals surface area contributed by atoms with Gasteiger partial charge in [0.2, 0.25) is 11.0 Å². The van der Waals surface area contributed by atoms with Gasteiger partial charge < -0.3 is 43.8 Å². The van der Waals surface area contributed by atoms with Gasteiger partial charge in [-0.15, -0.1) is 0 Å². The molecule has 0 aliphatic carbocycles. The molecular weight excluding hydrogens is 839 g/mol. The molecule has 8 rings (SSSR count). The number of nitrogens with zero attached hydrogens (tertiary/aromatic N) is 4. The minimum atomic E-state index is 0. The molecule has 0 spiro atoms. The maximum absolute atomic E-state index is 6.52. The minimum absolute atomic E-state index is 0. The fourth-order valence-electron chi connectivity index (χ4n) is 7.02. The maximum atomic E-state index is 6.52. The number of anilines is 4. The summed E-state index contributed by atoms with van der Waals surface area (Å²) >= 11 is 13.0. The highest BCUT2D eigenvalue weighted by molar-refractivity contribution is 6.31. The summed E-state index contributed by atoms with van der Waals surface area (Å²) in [5.74, 6) is 0. The van der Waals surface area contributed by atoms with E-state index in [1.807, 2.05) is 24.3 Å². The highest BCUT2D eigenvalue weighted by Gasteiger charge is 2.19. The van der Waals surface area contributed by atoms with Crippen LogP contribution in [0, 0.1) is 0 Å². The molecule has 0 fully saturated rings. The Hall–Kier alpha value is -4.72. The predicted molar refractivity (Wildman–Crippen MR) is 217 cm³/mol. The molecule has 0 amide bonds. The van der Waals surface area contributed by atoms with E-state index in [0.29, 0.717) is 0 Å². The van der Waals surface area contributed by atoms with Gasteiger partial charge in [0.05, 0.1) is 22.1 Å². The lowest BCUT2D eigenvalue weighted by Gasteiger charge is -2.20. The number of benzene rings is 6. The van der Waals surface area contributed by atoms with Gasteiger partial charge in [0.1, 0.15) is 0 Å². The molecule has 0 saturated carbocycles. The number of pyridine rings is 2. The number of para-hydroxylation sites is 2. The first-order valence-electron chi connectivity index (χ1n) is 17.4. The summed E-state index contributed by atoms with van der Waals surface area (Å²) in [6.45, 7) is 1.47. The summed E-state index contributed by atoms with van der Waals surface area (Å²) in [7, 11) is 4.21. The second-order valence-corrected chi connectivity index (χ2v) is 14.0. The van der Waals surface area contributed by atoms with Crippen molar-refractivity contribution in [2.75, 3.05) is 23.9 Å². The van der Waals surface area contributed by atoms with Crippen LogP contribution in [0.25, 0.3) is 32.9 Å². The van der Waals surface area contributed by atoms with Crippen LogP contribution in [0.5, 0.6) is 0 Å². The lowest BCUT2D eigenvalue weighted by molar-refractivity contribution is -0.662. The van der Waals surface area contributed by atoms with Crippen LogP contribution in [0.3, 0.4) is 0 Å². The quantitative estimate of drug-likeness (QED) is 0.186. The van der Waals surface area contributed by atoms with Gasteiger partial charge in [0.25, 0.3) is 0 Å². The van der Waals surface area contributed by atoms with E-state index in [4.69, 9.17) is 23.2 Å². The average molecular weight is 878 g/mol. The molecule has 0 radical (unpaired) electrons. The van der Waals surface area contributed by atoms with E-state index < -0.39 is 0 Å². The van der Waals surface area contributed by atoms with Crippen LogP contribution in [0.1, 0.15) is 11.1 Å². The molecule has 0 N–H and O–H groups in total. The molecule has 2 aromatic heterocycles. The summed E-state index contributed by atoms with van der Waals surface area (Å²) < 4.78 is 4.54. The summed E-state index contributed by atoms with van der Waals surface area (Å²) in [6.07, 6.45) is 4.31. The number of hydrogen-bond donors (Lipinski definition) is 0. The lowest BCUT2D eigenvalue weighted by atomic mass is 10.0. The van der Waals surface area contributed by atoms with Crippen molar-refractivity contribution in [3.8, 4) is 11.1 Å².